The minimum atomic E-state index is -1.34. The van der Waals surface area contributed by atoms with Gasteiger partial charge in [0.05, 0.1) is 8.07 Å². The Balaban J connectivity index is 3.38. The van der Waals surface area contributed by atoms with Crippen LogP contribution in [0, 0.1) is 6.92 Å². The van der Waals surface area contributed by atoms with Crippen LogP contribution in [0.1, 0.15) is 5.69 Å². The summed E-state index contributed by atoms with van der Waals surface area (Å²) in [6.45, 7) is 8.90. The Hall–Kier alpha value is 0.257. The minimum Gasteiger partial charge on any atom is -0.228 e. The van der Waals surface area contributed by atoms with Gasteiger partial charge >= 0.3 is 0 Å². The van der Waals surface area contributed by atoms with E-state index in [4.69, 9.17) is 0 Å². The zero-order valence-corrected chi connectivity index (χ0v) is 12.3. The molecule has 72 valence electrons. The van der Waals surface area contributed by atoms with Crippen molar-refractivity contribution in [2.45, 2.75) is 26.6 Å². The molecule has 0 saturated carbocycles. The van der Waals surface area contributed by atoms with Gasteiger partial charge in [-0.1, -0.05) is 19.6 Å². The summed E-state index contributed by atoms with van der Waals surface area (Å²) in [5.41, 5.74) is 1.08. The molecule has 0 aliphatic carbocycles. The lowest BCUT2D eigenvalue weighted by molar-refractivity contribution is 1.05. The summed E-state index contributed by atoms with van der Waals surface area (Å²) >= 11 is 6.76. The van der Waals surface area contributed by atoms with Gasteiger partial charge in [-0.3, -0.25) is 0 Å². The van der Waals surface area contributed by atoms with Gasteiger partial charge in [0.25, 0.3) is 0 Å². The smallest absolute Gasteiger partial charge is 0.197 e. The standard InChI is InChI=1S/C8H12Br2N2Si/c1-5-6(13(2,3)4)7(9)12-8(10)11-5/h1-4H3. The normalized spacial score (nSPS) is 11.8. The van der Waals surface area contributed by atoms with Crippen molar-refractivity contribution >= 4 is 45.1 Å². The first-order valence-corrected chi connectivity index (χ1v) is 9.11. The van der Waals surface area contributed by atoms with Crippen molar-refractivity contribution in [1.29, 1.82) is 0 Å². The average Bonchev–Trinajstić information content (AvgIpc) is 1.78. The minimum absolute atomic E-state index is 0.652. The summed E-state index contributed by atoms with van der Waals surface area (Å²) < 4.78 is 1.59. The van der Waals surface area contributed by atoms with Gasteiger partial charge in [-0.2, -0.15) is 0 Å². The van der Waals surface area contributed by atoms with Crippen LogP contribution in [-0.4, -0.2) is 18.0 Å². The Bertz CT molecular complexity index is 310. The van der Waals surface area contributed by atoms with Crippen molar-refractivity contribution in [3.63, 3.8) is 0 Å². The molecule has 0 unspecified atom stereocenters. The summed E-state index contributed by atoms with van der Waals surface area (Å²) in [4.78, 5) is 8.57. The SMILES string of the molecule is Cc1nc(Br)nc(Br)c1[Si](C)(C)C. The van der Waals surface area contributed by atoms with Crippen LogP contribution in [0.4, 0.5) is 0 Å². The van der Waals surface area contributed by atoms with Gasteiger partial charge in [-0.15, -0.1) is 0 Å². The summed E-state index contributed by atoms with van der Waals surface area (Å²) in [5, 5.41) is 1.30. The quantitative estimate of drug-likeness (QED) is 0.451. The lowest BCUT2D eigenvalue weighted by Crippen LogP contribution is -2.41. The number of halogens is 2. The van der Waals surface area contributed by atoms with E-state index in [9.17, 15) is 0 Å². The van der Waals surface area contributed by atoms with Gasteiger partial charge in [-0.05, 0) is 44.0 Å². The molecule has 0 N–H and O–H groups in total. The Kier molecular flexibility index (Phi) is 3.30. The van der Waals surface area contributed by atoms with Crippen molar-refractivity contribution < 1.29 is 0 Å². The van der Waals surface area contributed by atoms with E-state index in [1.54, 1.807) is 0 Å². The van der Waals surface area contributed by atoms with Gasteiger partial charge in [0.15, 0.2) is 4.73 Å². The summed E-state index contributed by atoms with van der Waals surface area (Å²) in [5.74, 6) is 0. The van der Waals surface area contributed by atoms with Crippen LogP contribution in [0.25, 0.3) is 0 Å². The maximum atomic E-state index is 4.31. The van der Waals surface area contributed by atoms with E-state index in [1.807, 2.05) is 6.92 Å². The van der Waals surface area contributed by atoms with Crippen LogP contribution in [0.2, 0.25) is 19.6 Å². The van der Waals surface area contributed by atoms with Gasteiger partial charge in [0, 0.05) is 5.69 Å². The van der Waals surface area contributed by atoms with Crippen molar-refractivity contribution in [2.24, 2.45) is 0 Å². The fraction of sp³-hybridized carbons (Fsp3) is 0.500. The highest BCUT2D eigenvalue weighted by molar-refractivity contribution is 9.11. The molecule has 1 rings (SSSR count). The molecule has 0 amide bonds. The van der Waals surface area contributed by atoms with Crippen molar-refractivity contribution in [2.75, 3.05) is 0 Å². The molecule has 0 saturated heterocycles. The first kappa shape index (κ1) is 11.3. The van der Waals surface area contributed by atoms with Crippen LogP contribution < -0.4 is 5.19 Å². The molecule has 0 fully saturated rings. The molecule has 0 bridgehead atoms. The topological polar surface area (TPSA) is 25.8 Å². The third-order valence-electron chi connectivity index (χ3n) is 1.77. The van der Waals surface area contributed by atoms with Crippen LogP contribution in [-0.2, 0) is 0 Å². The average molecular weight is 324 g/mol. The first-order chi connectivity index (χ1) is 5.82. The van der Waals surface area contributed by atoms with Gasteiger partial charge in [0.1, 0.15) is 4.60 Å². The number of hydrogen-bond acceptors (Lipinski definition) is 2. The Labute approximate surface area is 96.4 Å². The molecule has 0 atom stereocenters. The molecule has 1 heterocycles. The third kappa shape index (κ3) is 2.60. The van der Waals surface area contributed by atoms with Gasteiger partial charge in [-0.25, -0.2) is 9.97 Å². The van der Waals surface area contributed by atoms with Crippen LogP contribution in [0.15, 0.2) is 9.34 Å². The van der Waals surface area contributed by atoms with Gasteiger partial charge in [0.2, 0.25) is 0 Å². The second-order valence-corrected chi connectivity index (χ2v) is 10.5. The highest BCUT2D eigenvalue weighted by Gasteiger charge is 2.23. The molecule has 5 heteroatoms. The van der Waals surface area contributed by atoms with Crippen molar-refractivity contribution in [3.05, 3.63) is 15.0 Å². The lowest BCUT2D eigenvalue weighted by Gasteiger charge is -2.19. The Morgan fingerprint density at radius 2 is 1.62 bits per heavy atom. The van der Waals surface area contributed by atoms with Crippen molar-refractivity contribution in [3.8, 4) is 0 Å². The van der Waals surface area contributed by atoms with Crippen molar-refractivity contribution in [1.82, 2.24) is 9.97 Å². The second-order valence-electron chi connectivity index (χ2n) is 3.99. The van der Waals surface area contributed by atoms with E-state index in [-0.39, 0.29) is 0 Å². The number of aryl methyl sites for hydroxylation is 1. The zero-order valence-electron chi connectivity index (χ0n) is 8.15. The number of hydrogen-bond donors (Lipinski definition) is 0. The number of aromatic nitrogens is 2. The number of rotatable bonds is 1. The molecule has 0 aliphatic heterocycles. The molecular formula is C8H12Br2N2Si. The Morgan fingerprint density at radius 1 is 1.08 bits per heavy atom. The van der Waals surface area contributed by atoms with Gasteiger partial charge < -0.3 is 0 Å². The zero-order chi connectivity index (χ0) is 10.2. The molecule has 0 radical (unpaired) electrons. The maximum Gasteiger partial charge on any atom is 0.197 e. The summed E-state index contributed by atoms with van der Waals surface area (Å²) in [6, 6.07) is 0. The third-order valence-corrected chi connectivity index (χ3v) is 5.16. The van der Waals surface area contributed by atoms with E-state index in [0.29, 0.717) is 4.73 Å². The fourth-order valence-electron chi connectivity index (χ4n) is 1.36. The molecule has 0 aliphatic rings. The molecule has 0 spiro atoms. The largest absolute Gasteiger partial charge is 0.228 e. The molecule has 1 aromatic rings. The fourth-order valence-corrected chi connectivity index (χ4v) is 6.09. The lowest BCUT2D eigenvalue weighted by atomic mass is 10.5. The van der Waals surface area contributed by atoms with Crippen LogP contribution >= 0.6 is 31.9 Å². The molecule has 0 aromatic carbocycles. The predicted octanol–water partition coefficient (Wildman–Crippen LogP) is 2.86. The van der Waals surface area contributed by atoms with E-state index < -0.39 is 8.07 Å². The highest BCUT2D eigenvalue weighted by Crippen LogP contribution is 2.15. The maximum absolute atomic E-state index is 4.31. The van der Waals surface area contributed by atoms with Crippen LogP contribution in [0.3, 0.4) is 0 Å². The van der Waals surface area contributed by atoms with E-state index >= 15 is 0 Å². The Morgan fingerprint density at radius 3 is 2.00 bits per heavy atom. The van der Waals surface area contributed by atoms with E-state index in [0.717, 1.165) is 10.3 Å². The van der Waals surface area contributed by atoms with E-state index in [2.05, 4.69) is 61.5 Å². The first-order valence-electron chi connectivity index (χ1n) is 4.02. The molecular weight excluding hydrogens is 312 g/mol. The highest BCUT2D eigenvalue weighted by atomic mass is 79.9. The number of nitrogens with zero attached hydrogens (tertiary/aromatic N) is 2. The predicted molar refractivity (Wildman–Crippen MR) is 65.1 cm³/mol. The van der Waals surface area contributed by atoms with E-state index in [1.165, 1.54) is 5.19 Å². The summed E-state index contributed by atoms with van der Waals surface area (Å²) in [7, 11) is -1.34. The molecule has 1 aromatic heterocycles. The molecule has 13 heavy (non-hydrogen) atoms. The molecule has 2 nitrogen and oxygen atoms in total. The second kappa shape index (κ2) is 3.79. The monoisotopic (exact) mass is 322 g/mol. The van der Waals surface area contributed by atoms with Crippen LogP contribution in [0.5, 0.6) is 0 Å². The summed E-state index contributed by atoms with van der Waals surface area (Å²) in [6.07, 6.45) is 0.